The van der Waals surface area contributed by atoms with Gasteiger partial charge in [-0.1, -0.05) is 24.3 Å². The minimum Gasteiger partial charge on any atom is -0.452 e. The van der Waals surface area contributed by atoms with E-state index in [4.69, 9.17) is 4.74 Å². The van der Waals surface area contributed by atoms with E-state index in [0.717, 1.165) is 19.3 Å². The van der Waals surface area contributed by atoms with Crippen molar-refractivity contribution in [3.8, 4) is 0 Å². The second-order valence-corrected chi connectivity index (χ2v) is 8.69. The Hall–Kier alpha value is -2.87. The van der Waals surface area contributed by atoms with E-state index >= 15 is 0 Å². The van der Waals surface area contributed by atoms with Gasteiger partial charge >= 0.3 is 5.97 Å². The first-order valence-electron chi connectivity index (χ1n) is 9.51. The summed E-state index contributed by atoms with van der Waals surface area (Å²) >= 11 is 0. The Morgan fingerprint density at radius 2 is 1.86 bits per heavy atom. The summed E-state index contributed by atoms with van der Waals surface area (Å²) in [6.07, 6.45) is 2.99. The molecule has 0 radical (unpaired) electrons. The average molecular weight is 416 g/mol. The Kier molecular flexibility index (Phi) is 6.53. The summed E-state index contributed by atoms with van der Waals surface area (Å²) in [6.45, 7) is 2.33. The fourth-order valence-electron chi connectivity index (χ4n) is 3.29. The van der Waals surface area contributed by atoms with Gasteiger partial charge in [0.25, 0.3) is 15.9 Å². The molecular formula is C21H24N2O5S. The number of carbonyl (C=O) groups is 2. The molecule has 2 aromatic rings. The predicted molar refractivity (Wildman–Crippen MR) is 109 cm³/mol. The van der Waals surface area contributed by atoms with Gasteiger partial charge in [-0.25, -0.2) is 13.2 Å². The molecule has 3 rings (SSSR count). The van der Waals surface area contributed by atoms with Crippen LogP contribution >= 0.6 is 0 Å². The third-order valence-electron chi connectivity index (χ3n) is 4.85. The van der Waals surface area contributed by atoms with E-state index in [1.165, 1.54) is 30.3 Å². The van der Waals surface area contributed by atoms with Gasteiger partial charge in [-0.15, -0.1) is 0 Å². The van der Waals surface area contributed by atoms with Crippen molar-refractivity contribution in [3.63, 3.8) is 0 Å². The molecule has 7 nitrogen and oxygen atoms in total. The van der Waals surface area contributed by atoms with E-state index in [-0.39, 0.29) is 34.7 Å². The zero-order chi connectivity index (χ0) is 20.9. The predicted octanol–water partition coefficient (Wildman–Crippen LogP) is 3.05. The Morgan fingerprint density at radius 1 is 1.10 bits per heavy atom. The van der Waals surface area contributed by atoms with Crippen LogP contribution in [0.1, 0.15) is 36.5 Å². The molecule has 2 aromatic carbocycles. The molecule has 154 valence electrons. The van der Waals surface area contributed by atoms with Crippen LogP contribution in [0.2, 0.25) is 0 Å². The lowest BCUT2D eigenvalue weighted by Gasteiger charge is -2.33. The molecule has 0 bridgehead atoms. The highest BCUT2D eigenvalue weighted by Gasteiger charge is 2.24. The maximum atomic E-state index is 12.4. The van der Waals surface area contributed by atoms with Crippen LogP contribution in [0.15, 0.2) is 59.5 Å². The molecule has 0 aromatic heterocycles. The number of carbonyl (C=O) groups excluding carboxylic acids is 2. The van der Waals surface area contributed by atoms with Gasteiger partial charge in [0.2, 0.25) is 0 Å². The maximum Gasteiger partial charge on any atom is 0.338 e. The first-order valence-corrected chi connectivity index (χ1v) is 11.0. The summed E-state index contributed by atoms with van der Waals surface area (Å²) in [5.41, 5.74) is 0.400. The van der Waals surface area contributed by atoms with Gasteiger partial charge in [-0.3, -0.25) is 9.52 Å². The van der Waals surface area contributed by atoms with Gasteiger partial charge in [0.05, 0.1) is 10.5 Å². The summed E-state index contributed by atoms with van der Waals surface area (Å²) in [5.74, 6) is -0.893. The summed E-state index contributed by atoms with van der Waals surface area (Å²) < 4.78 is 32.4. The number of esters is 1. The normalized spacial score (nSPS) is 16.9. The topological polar surface area (TPSA) is 92.8 Å². The zero-order valence-electron chi connectivity index (χ0n) is 16.2. The number of rotatable bonds is 6. The SMILES string of the molecule is C[C@@H]1CCCCN1C(=O)COC(=O)c1cccc(NS(=O)(=O)c2ccccc2)c1. The number of nitrogens with zero attached hydrogens (tertiary/aromatic N) is 1. The number of piperidine rings is 1. The molecule has 0 saturated carbocycles. The highest BCUT2D eigenvalue weighted by molar-refractivity contribution is 7.92. The van der Waals surface area contributed by atoms with Gasteiger partial charge in [-0.05, 0) is 56.5 Å². The van der Waals surface area contributed by atoms with Crippen LogP contribution in [0, 0.1) is 0 Å². The van der Waals surface area contributed by atoms with Gasteiger partial charge in [-0.2, -0.15) is 0 Å². The minimum atomic E-state index is -3.77. The molecular weight excluding hydrogens is 392 g/mol. The minimum absolute atomic E-state index is 0.120. The van der Waals surface area contributed by atoms with Crippen LogP contribution in [-0.2, 0) is 19.6 Å². The lowest BCUT2D eigenvalue weighted by atomic mass is 10.0. The fraction of sp³-hybridized carbons (Fsp3) is 0.333. The molecule has 1 atom stereocenters. The maximum absolute atomic E-state index is 12.4. The number of sulfonamides is 1. The van der Waals surface area contributed by atoms with Crippen molar-refractivity contribution in [2.45, 2.75) is 37.1 Å². The monoisotopic (exact) mass is 416 g/mol. The average Bonchev–Trinajstić information content (AvgIpc) is 2.72. The lowest BCUT2D eigenvalue weighted by Crippen LogP contribution is -2.44. The summed E-state index contributed by atoms with van der Waals surface area (Å²) in [4.78, 5) is 26.5. The Bertz CT molecular complexity index is 976. The Balaban J connectivity index is 1.63. The van der Waals surface area contributed by atoms with E-state index in [1.807, 2.05) is 6.92 Å². The van der Waals surface area contributed by atoms with Crippen LogP contribution in [-0.4, -0.2) is 44.4 Å². The largest absolute Gasteiger partial charge is 0.452 e. The first-order chi connectivity index (χ1) is 13.9. The van der Waals surface area contributed by atoms with Crippen molar-refractivity contribution < 1.29 is 22.7 Å². The third-order valence-corrected chi connectivity index (χ3v) is 6.25. The van der Waals surface area contributed by atoms with Crippen LogP contribution in [0.25, 0.3) is 0 Å². The number of likely N-dealkylation sites (tertiary alicyclic amines) is 1. The quantitative estimate of drug-likeness (QED) is 0.731. The summed E-state index contributed by atoms with van der Waals surface area (Å²) in [5, 5.41) is 0. The van der Waals surface area contributed by atoms with Crippen molar-refractivity contribution in [1.82, 2.24) is 4.90 Å². The summed E-state index contributed by atoms with van der Waals surface area (Å²) in [7, 11) is -3.77. The second kappa shape index (κ2) is 9.09. The molecule has 1 aliphatic heterocycles. The van der Waals surface area contributed by atoms with Gasteiger partial charge in [0.15, 0.2) is 6.61 Å². The smallest absolute Gasteiger partial charge is 0.338 e. The van der Waals surface area contributed by atoms with E-state index in [0.29, 0.717) is 6.54 Å². The molecule has 0 spiro atoms. The van der Waals surface area contributed by atoms with Crippen LogP contribution in [0.3, 0.4) is 0 Å². The molecule has 1 saturated heterocycles. The number of ether oxygens (including phenoxy) is 1. The van der Waals surface area contributed by atoms with E-state index < -0.39 is 16.0 Å². The number of hydrogen-bond donors (Lipinski definition) is 1. The molecule has 1 N–H and O–H groups in total. The van der Waals surface area contributed by atoms with Gasteiger partial charge in [0.1, 0.15) is 0 Å². The fourth-order valence-corrected chi connectivity index (χ4v) is 4.36. The van der Waals surface area contributed by atoms with Crippen molar-refractivity contribution >= 4 is 27.6 Å². The van der Waals surface area contributed by atoms with E-state index in [9.17, 15) is 18.0 Å². The van der Waals surface area contributed by atoms with Gasteiger partial charge < -0.3 is 9.64 Å². The molecule has 1 heterocycles. The lowest BCUT2D eigenvalue weighted by molar-refractivity contribution is -0.137. The molecule has 0 aliphatic carbocycles. The first kappa shape index (κ1) is 20.9. The number of benzene rings is 2. The Labute approximate surface area is 170 Å². The zero-order valence-corrected chi connectivity index (χ0v) is 17.0. The second-order valence-electron chi connectivity index (χ2n) is 7.01. The van der Waals surface area contributed by atoms with E-state index in [2.05, 4.69) is 4.72 Å². The van der Waals surface area contributed by atoms with Crippen molar-refractivity contribution in [2.24, 2.45) is 0 Å². The standard InChI is InChI=1S/C21H24N2O5S/c1-16-8-5-6-13-23(16)20(24)15-28-21(25)17-9-7-10-18(14-17)22-29(26,27)19-11-3-2-4-12-19/h2-4,7,9-12,14,16,22H,5-6,8,13,15H2,1H3/t16-/m1/s1. The highest BCUT2D eigenvalue weighted by Crippen LogP contribution is 2.19. The molecule has 0 unspecified atom stereocenters. The van der Waals surface area contributed by atoms with Crippen molar-refractivity contribution in [1.29, 1.82) is 0 Å². The van der Waals surface area contributed by atoms with Crippen LogP contribution in [0.4, 0.5) is 5.69 Å². The van der Waals surface area contributed by atoms with E-state index in [1.54, 1.807) is 29.2 Å². The van der Waals surface area contributed by atoms with Crippen LogP contribution in [0.5, 0.6) is 0 Å². The number of hydrogen-bond acceptors (Lipinski definition) is 5. The molecule has 1 amide bonds. The van der Waals surface area contributed by atoms with Crippen molar-refractivity contribution in [3.05, 3.63) is 60.2 Å². The molecule has 1 fully saturated rings. The molecule has 1 aliphatic rings. The number of nitrogens with one attached hydrogen (secondary N) is 1. The van der Waals surface area contributed by atoms with Crippen molar-refractivity contribution in [2.75, 3.05) is 17.9 Å². The number of amides is 1. The Morgan fingerprint density at radius 3 is 2.59 bits per heavy atom. The third kappa shape index (κ3) is 5.35. The summed E-state index contributed by atoms with van der Waals surface area (Å²) in [6, 6.07) is 14.1. The van der Waals surface area contributed by atoms with Gasteiger partial charge in [0, 0.05) is 18.3 Å². The number of anilines is 1. The molecule has 29 heavy (non-hydrogen) atoms. The molecule has 8 heteroatoms. The van der Waals surface area contributed by atoms with Crippen LogP contribution < -0.4 is 4.72 Å². The highest BCUT2D eigenvalue weighted by atomic mass is 32.2.